The molecule has 0 bridgehead atoms. The lowest BCUT2D eigenvalue weighted by atomic mass is 10.1. The van der Waals surface area contributed by atoms with Crippen LogP contribution in [-0.4, -0.2) is 30.7 Å². The van der Waals surface area contributed by atoms with Crippen LogP contribution in [0, 0.1) is 5.92 Å². The van der Waals surface area contributed by atoms with Crippen molar-refractivity contribution in [1.29, 1.82) is 0 Å². The van der Waals surface area contributed by atoms with Crippen LogP contribution >= 0.6 is 0 Å². The average Bonchev–Trinajstić information content (AvgIpc) is 2.06. The van der Waals surface area contributed by atoms with Gasteiger partial charge in [-0.15, -0.1) is 0 Å². The summed E-state index contributed by atoms with van der Waals surface area (Å²) in [6.07, 6.45) is 0.852. The average molecular weight is 160 g/mol. The molecule has 1 heterocycles. The Morgan fingerprint density at radius 2 is 2.00 bits per heavy atom. The van der Waals surface area contributed by atoms with E-state index in [-0.39, 0.29) is 12.5 Å². The van der Waals surface area contributed by atoms with Crippen LogP contribution in [0.1, 0.15) is 20.3 Å². The second kappa shape index (κ2) is 3.52. The van der Waals surface area contributed by atoms with E-state index in [4.69, 9.17) is 14.6 Å². The van der Waals surface area contributed by atoms with Crippen molar-refractivity contribution in [2.75, 3.05) is 19.8 Å². The molecule has 0 radical (unpaired) electrons. The summed E-state index contributed by atoms with van der Waals surface area (Å²) in [7, 11) is 0. The number of aliphatic hydroxyl groups excluding tert-OH is 1. The normalized spacial score (nSPS) is 39.0. The van der Waals surface area contributed by atoms with E-state index in [0.29, 0.717) is 13.2 Å². The fourth-order valence-electron chi connectivity index (χ4n) is 0.988. The van der Waals surface area contributed by atoms with Crippen molar-refractivity contribution in [1.82, 2.24) is 0 Å². The van der Waals surface area contributed by atoms with Crippen LogP contribution in [0.2, 0.25) is 0 Å². The molecule has 66 valence electrons. The van der Waals surface area contributed by atoms with Gasteiger partial charge < -0.3 is 14.6 Å². The van der Waals surface area contributed by atoms with Crippen molar-refractivity contribution in [2.24, 2.45) is 5.92 Å². The third-order valence-corrected chi connectivity index (χ3v) is 2.15. The molecule has 0 aromatic carbocycles. The Bertz CT molecular complexity index is 117. The minimum absolute atomic E-state index is 0.153. The summed E-state index contributed by atoms with van der Waals surface area (Å²) >= 11 is 0. The van der Waals surface area contributed by atoms with Crippen LogP contribution in [-0.2, 0) is 9.47 Å². The zero-order valence-electron chi connectivity index (χ0n) is 7.17. The Kier molecular flexibility index (Phi) is 2.87. The molecular formula is C8H16O3. The summed E-state index contributed by atoms with van der Waals surface area (Å²) in [5, 5.41) is 8.77. The summed E-state index contributed by atoms with van der Waals surface area (Å²) < 4.78 is 10.9. The van der Waals surface area contributed by atoms with E-state index in [1.165, 1.54) is 0 Å². The number of rotatable bonds is 2. The Morgan fingerprint density at radius 3 is 2.36 bits per heavy atom. The van der Waals surface area contributed by atoms with E-state index in [1.807, 2.05) is 13.8 Å². The van der Waals surface area contributed by atoms with Gasteiger partial charge in [-0.25, -0.2) is 0 Å². The molecule has 0 atom stereocenters. The zero-order chi connectivity index (χ0) is 8.32. The highest BCUT2D eigenvalue weighted by Gasteiger charge is 2.30. The van der Waals surface area contributed by atoms with Gasteiger partial charge in [-0.05, 0) is 13.3 Å². The first kappa shape index (κ1) is 8.97. The maximum Gasteiger partial charge on any atom is 0.165 e. The van der Waals surface area contributed by atoms with Crippen molar-refractivity contribution < 1.29 is 14.6 Å². The second-order valence-corrected chi connectivity index (χ2v) is 3.16. The third kappa shape index (κ3) is 2.15. The molecule has 0 aromatic rings. The molecule has 1 aliphatic heterocycles. The lowest BCUT2D eigenvalue weighted by molar-refractivity contribution is -0.276. The lowest BCUT2D eigenvalue weighted by Crippen LogP contribution is -2.42. The topological polar surface area (TPSA) is 38.7 Å². The Labute approximate surface area is 67.3 Å². The van der Waals surface area contributed by atoms with Gasteiger partial charge in [-0.1, -0.05) is 6.92 Å². The molecular weight excluding hydrogens is 144 g/mol. The number of ether oxygens (including phenoxy) is 2. The van der Waals surface area contributed by atoms with Gasteiger partial charge >= 0.3 is 0 Å². The molecule has 3 heteroatoms. The summed E-state index contributed by atoms with van der Waals surface area (Å²) in [5.41, 5.74) is 0. The molecule has 0 saturated carbocycles. The summed E-state index contributed by atoms with van der Waals surface area (Å²) in [4.78, 5) is 0. The third-order valence-electron chi connectivity index (χ3n) is 2.15. The molecule has 0 unspecified atom stereocenters. The first-order valence-electron chi connectivity index (χ1n) is 4.09. The molecule has 11 heavy (non-hydrogen) atoms. The highest BCUT2D eigenvalue weighted by atomic mass is 16.7. The predicted octanol–water partition coefficient (Wildman–Crippen LogP) is 0.768. The number of aliphatic hydroxyl groups is 1. The first-order valence-corrected chi connectivity index (χ1v) is 4.09. The van der Waals surface area contributed by atoms with E-state index in [1.54, 1.807) is 0 Å². The van der Waals surface area contributed by atoms with E-state index in [2.05, 4.69) is 0 Å². The Hall–Kier alpha value is -0.120. The van der Waals surface area contributed by atoms with Crippen molar-refractivity contribution in [2.45, 2.75) is 26.1 Å². The Balaban J connectivity index is 2.35. The molecule has 0 spiro atoms. The van der Waals surface area contributed by atoms with Crippen LogP contribution in [0.15, 0.2) is 0 Å². The van der Waals surface area contributed by atoms with Crippen LogP contribution < -0.4 is 0 Å². The molecule has 1 fully saturated rings. The quantitative estimate of drug-likeness (QED) is 0.648. The monoisotopic (exact) mass is 160 g/mol. The summed E-state index contributed by atoms with van der Waals surface area (Å²) in [6, 6.07) is 0. The van der Waals surface area contributed by atoms with Gasteiger partial charge in [-0.3, -0.25) is 0 Å². The highest BCUT2D eigenvalue weighted by molar-refractivity contribution is 4.69. The van der Waals surface area contributed by atoms with Crippen LogP contribution in [0.25, 0.3) is 0 Å². The lowest BCUT2D eigenvalue weighted by Gasteiger charge is -2.36. The molecule has 0 aromatic heterocycles. The minimum Gasteiger partial charge on any atom is -0.396 e. The fourth-order valence-corrected chi connectivity index (χ4v) is 0.988. The fraction of sp³-hybridized carbons (Fsp3) is 1.00. The van der Waals surface area contributed by atoms with Crippen LogP contribution in [0.5, 0.6) is 0 Å². The van der Waals surface area contributed by atoms with Crippen molar-refractivity contribution in [3.8, 4) is 0 Å². The highest BCUT2D eigenvalue weighted by Crippen LogP contribution is 2.23. The van der Waals surface area contributed by atoms with Gasteiger partial charge in [0.2, 0.25) is 0 Å². The van der Waals surface area contributed by atoms with Gasteiger partial charge in [0.15, 0.2) is 5.79 Å². The molecule has 1 saturated heterocycles. The van der Waals surface area contributed by atoms with Crippen LogP contribution in [0.3, 0.4) is 0 Å². The van der Waals surface area contributed by atoms with Crippen LogP contribution in [0.4, 0.5) is 0 Å². The van der Waals surface area contributed by atoms with Crippen molar-refractivity contribution in [3.63, 3.8) is 0 Å². The van der Waals surface area contributed by atoms with Gasteiger partial charge in [0.1, 0.15) is 0 Å². The van der Waals surface area contributed by atoms with E-state index >= 15 is 0 Å². The van der Waals surface area contributed by atoms with Crippen molar-refractivity contribution >= 4 is 0 Å². The summed E-state index contributed by atoms with van der Waals surface area (Å²) in [5.74, 6) is -0.249. The molecule has 0 amide bonds. The van der Waals surface area contributed by atoms with Gasteiger partial charge in [-0.2, -0.15) is 0 Å². The second-order valence-electron chi connectivity index (χ2n) is 3.16. The number of hydrogen-bond donors (Lipinski definition) is 1. The Morgan fingerprint density at radius 1 is 1.45 bits per heavy atom. The van der Waals surface area contributed by atoms with Crippen molar-refractivity contribution in [3.05, 3.63) is 0 Å². The number of hydrogen-bond acceptors (Lipinski definition) is 3. The maximum atomic E-state index is 8.77. The molecule has 0 aliphatic carbocycles. The van der Waals surface area contributed by atoms with Gasteiger partial charge in [0.25, 0.3) is 0 Å². The van der Waals surface area contributed by atoms with Gasteiger partial charge in [0.05, 0.1) is 19.8 Å². The predicted molar refractivity (Wildman–Crippen MR) is 41.2 cm³/mol. The molecule has 1 N–H and O–H groups in total. The van der Waals surface area contributed by atoms with E-state index < -0.39 is 5.79 Å². The standard InChI is InChI=1S/C8H16O3/c1-3-8(2)10-5-7(4-9)6-11-8/h7,9H,3-6H2,1-2H3. The van der Waals surface area contributed by atoms with Gasteiger partial charge in [0, 0.05) is 5.92 Å². The molecule has 3 nitrogen and oxygen atoms in total. The first-order chi connectivity index (χ1) is 5.20. The summed E-state index contributed by atoms with van der Waals surface area (Å²) in [6.45, 7) is 5.33. The smallest absolute Gasteiger partial charge is 0.165 e. The maximum absolute atomic E-state index is 8.77. The molecule has 1 aliphatic rings. The SMILES string of the molecule is CCC1(C)OCC(CO)CO1. The zero-order valence-corrected chi connectivity index (χ0v) is 7.17. The largest absolute Gasteiger partial charge is 0.396 e. The molecule has 1 rings (SSSR count). The minimum atomic E-state index is -0.411. The van der Waals surface area contributed by atoms with E-state index in [0.717, 1.165) is 6.42 Å². The van der Waals surface area contributed by atoms with E-state index in [9.17, 15) is 0 Å².